The first kappa shape index (κ1) is 23.2. The van der Waals surface area contributed by atoms with Crippen molar-refractivity contribution in [1.82, 2.24) is 0 Å². The highest BCUT2D eigenvalue weighted by atomic mass is 16.7. The topological polar surface area (TPSA) is 229 Å². The molecule has 0 radical (unpaired) electrons. The molecule has 12 nitrogen and oxygen atoms in total. The van der Waals surface area contributed by atoms with Crippen molar-refractivity contribution in [2.45, 2.75) is 55.1 Å². The van der Waals surface area contributed by atoms with Gasteiger partial charge in [0.1, 0.15) is 48.8 Å². The van der Waals surface area contributed by atoms with Crippen LogP contribution >= 0.6 is 0 Å². The highest BCUT2D eigenvalue weighted by molar-refractivity contribution is 5.56. The van der Waals surface area contributed by atoms with Crippen LogP contribution in [0.2, 0.25) is 0 Å². The van der Waals surface area contributed by atoms with Crippen molar-refractivity contribution in [3.63, 3.8) is 0 Å². The molecule has 1 aliphatic heterocycles. The fourth-order valence-electron chi connectivity index (χ4n) is 2.11. The lowest BCUT2D eigenvalue weighted by molar-refractivity contribution is -0.326. The summed E-state index contributed by atoms with van der Waals surface area (Å²) in [4.78, 5) is 10.5. The molecule has 1 aliphatic rings. The van der Waals surface area contributed by atoms with E-state index < -0.39 is 68.3 Å². The number of aliphatic hydroxyl groups is 8. The Hall–Kier alpha value is -0.770. The second-order valence-corrected chi connectivity index (χ2v) is 5.17. The van der Waals surface area contributed by atoms with E-state index in [4.69, 9.17) is 19.7 Å². The summed E-state index contributed by atoms with van der Waals surface area (Å²) in [5.74, 6) is 0. The number of carbonyl (C=O) groups is 1. The van der Waals surface area contributed by atoms with Gasteiger partial charge >= 0.3 is 0 Å². The third-order valence-electron chi connectivity index (χ3n) is 3.53. The van der Waals surface area contributed by atoms with Crippen molar-refractivity contribution < 1.29 is 60.6 Å². The molecule has 12 heteroatoms. The Kier molecular flexibility index (Phi) is 9.94. The van der Waals surface area contributed by atoms with Gasteiger partial charge in [-0.05, 0) is 0 Å². The first-order chi connectivity index (χ1) is 10.8. The number of carbonyl (C=O) groups excluding carboxylic acids is 1. The van der Waals surface area contributed by atoms with E-state index >= 15 is 0 Å². The molecule has 0 amide bonds. The Labute approximate surface area is 136 Å². The van der Waals surface area contributed by atoms with E-state index in [9.17, 15) is 35.4 Å². The molecule has 0 spiro atoms. The zero-order valence-corrected chi connectivity index (χ0v) is 12.5. The second-order valence-electron chi connectivity index (χ2n) is 5.17. The largest absolute Gasteiger partial charge is 0.412 e. The predicted molar refractivity (Wildman–Crippen MR) is 73.4 cm³/mol. The molecule has 10 N–H and O–H groups in total. The van der Waals surface area contributed by atoms with Crippen LogP contribution in [0.25, 0.3) is 0 Å². The molecule has 1 heterocycles. The predicted octanol–water partition coefficient (Wildman–Crippen LogP) is -6.38. The lowest BCUT2D eigenvalue weighted by Gasteiger charge is -2.42. The fourth-order valence-corrected chi connectivity index (χ4v) is 2.11. The Bertz CT molecular complexity index is 366. The minimum Gasteiger partial charge on any atom is -0.412 e. The summed E-state index contributed by atoms with van der Waals surface area (Å²) in [5, 5.41) is 75.7. The Balaban J connectivity index is 0.00000529. The van der Waals surface area contributed by atoms with E-state index in [1.165, 1.54) is 0 Å². The first-order valence-corrected chi connectivity index (χ1v) is 6.84. The molecule has 24 heavy (non-hydrogen) atoms. The maximum atomic E-state index is 10.5. The number of rotatable bonds is 8. The molecule has 1 saturated heterocycles. The summed E-state index contributed by atoms with van der Waals surface area (Å²) in [6.45, 7) is -1.64. The Morgan fingerprint density at radius 1 is 1.04 bits per heavy atom. The summed E-state index contributed by atoms with van der Waals surface area (Å²) in [6.07, 6.45) is -15.7. The molecule has 0 aliphatic carbocycles. The molecule has 0 bridgehead atoms. The van der Waals surface area contributed by atoms with Gasteiger partial charge < -0.3 is 60.6 Å². The molecular weight excluding hydrogens is 336 g/mol. The molecule has 1 rings (SSSR count). The Morgan fingerprint density at radius 2 is 1.62 bits per heavy atom. The van der Waals surface area contributed by atoms with E-state index in [2.05, 4.69) is 0 Å². The van der Waals surface area contributed by atoms with Crippen molar-refractivity contribution in [3.8, 4) is 0 Å². The second kappa shape index (κ2) is 10.3. The van der Waals surface area contributed by atoms with Crippen molar-refractivity contribution in [1.29, 1.82) is 0 Å². The first-order valence-electron chi connectivity index (χ1n) is 6.84. The quantitative estimate of drug-likeness (QED) is 0.190. The van der Waals surface area contributed by atoms with Crippen LogP contribution in [-0.2, 0) is 14.3 Å². The van der Waals surface area contributed by atoms with Crippen molar-refractivity contribution in [3.05, 3.63) is 0 Å². The van der Waals surface area contributed by atoms with Crippen LogP contribution in [0.1, 0.15) is 0 Å². The number of hydrogen-bond acceptors (Lipinski definition) is 11. The minimum atomic E-state index is -1.97. The molecular formula is C12H24O12. The van der Waals surface area contributed by atoms with E-state index in [1.54, 1.807) is 0 Å². The van der Waals surface area contributed by atoms with Gasteiger partial charge in [-0.15, -0.1) is 0 Å². The third kappa shape index (κ3) is 5.11. The van der Waals surface area contributed by atoms with Crippen LogP contribution in [0, 0.1) is 0 Å². The highest BCUT2D eigenvalue weighted by Crippen LogP contribution is 2.24. The maximum Gasteiger partial charge on any atom is 0.187 e. The number of aliphatic hydroxyl groups excluding tert-OH is 8. The van der Waals surface area contributed by atoms with Crippen molar-refractivity contribution >= 4 is 6.29 Å². The van der Waals surface area contributed by atoms with E-state index in [0.717, 1.165) is 0 Å². The smallest absolute Gasteiger partial charge is 0.187 e. The monoisotopic (exact) mass is 360 g/mol. The molecule has 144 valence electrons. The normalized spacial score (nSPS) is 35.4. The Morgan fingerprint density at radius 3 is 2.08 bits per heavy atom. The fraction of sp³-hybridized carbons (Fsp3) is 0.917. The molecule has 1 fully saturated rings. The van der Waals surface area contributed by atoms with Crippen LogP contribution in [0.4, 0.5) is 0 Å². The minimum absolute atomic E-state index is 0. The highest BCUT2D eigenvalue weighted by Gasteiger charge is 2.46. The van der Waals surface area contributed by atoms with Gasteiger partial charge in [-0.3, -0.25) is 0 Å². The molecule has 9 atom stereocenters. The number of aldehydes is 1. The van der Waals surface area contributed by atoms with Gasteiger partial charge in [0.2, 0.25) is 0 Å². The van der Waals surface area contributed by atoms with Gasteiger partial charge in [-0.2, -0.15) is 0 Å². The summed E-state index contributed by atoms with van der Waals surface area (Å²) in [5.41, 5.74) is 0. The van der Waals surface area contributed by atoms with E-state index in [1.807, 2.05) is 0 Å². The zero-order valence-electron chi connectivity index (χ0n) is 12.5. The number of hydrogen-bond donors (Lipinski definition) is 8. The van der Waals surface area contributed by atoms with Crippen molar-refractivity contribution in [2.24, 2.45) is 0 Å². The van der Waals surface area contributed by atoms with E-state index in [0.29, 0.717) is 0 Å². The SMILES string of the molecule is O.O=CC(O)C(O)C(OC1OC(CO)C(O)C(O)C1O)C(O)CO. The van der Waals surface area contributed by atoms with Gasteiger partial charge in [-0.25, -0.2) is 0 Å². The van der Waals surface area contributed by atoms with Gasteiger partial charge in [0.15, 0.2) is 12.6 Å². The van der Waals surface area contributed by atoms with Gasteiger partial charge in [0, 0.05) is 0 Å². The van der Waals surface area contributed by atoms with Crippen LogP contribution in [0.5, 0.6) is 0 Å². The van der Waals surface area contributed by atoms with Gasteiger partial charge in [-0.1, -0.05) is 0 Å². The zero-order chi connectivity index (χ0) is 17.7. The third-order valence-corrected chi connectivity index (χ3v) is 3.53. The van der Waals surface area contributed by atoms with Gasteiger partial charge in [0.25, 0.3) is 0 Å². The molecule has 0 aromatic carbocycles. The molecule has 0 saturated carbocycles. The van der Waals surface area contributed by atoms with E-state index in [-0.39, 0.29) is 11.8 Å². The van der Waals surface area contributed by atoms with Crippen LogP contribution in [0.15, 0.2) is 0 Å². The lowest BCUT2D eigenvalue weighted by atomic mass is 9.98. The van der Waals surface area contributed by atoms with Crippen LogP contribution in [-0.4, -0.2) is 121 Å². The summed E-state index contributed by atoms with van der Waals surface area (Å²) >= 11 is 0. The molecule has 0 aromatic heterocycles. The lowest BCUT2D eigenvalue weighted by Crippen LogP contribution is -2.61. The average molecular weight is 360 g/mol. The summed E-state index contributed by atoms with van der Waals surface area (Å²) < 4.78 is 10.1. The molecule has 0 aromatic rings. The number of ether oxygens (including phenoxy) is 2. The average Bonchev–Trinajstić information content (AvgIpc) is 2.57. The molecule has 9 unspecified atom stereocenters. The van der Waals surface area contributed by atoms with Gasteiger partial charge in [0.05, 0.1) is 13.2 Å². The maximum absolute atomic E-state index is 10.5. The summed E-state index contributed by atoms with van der Waals surface area (Å²) in [7, 11) is 0. The summed E-state index contributed by atoms with van der Waals surface area (Å²) in [6, 6.07) is 0. The van der Waals surface area contributed by atoms with Crippen molar-refractivity contribution in [2.75, 3.05) is 13.2 Å². The standard InChI is InChI=1S/C12H22O11.H2O/c13-1-4(16)7(18)11(5(17)2-14)23-12-10(21)9(20)8(19)6(3-15)22-12;/h1,4-12,14-21H,2-3H2;1H2. The van der Waals surface area contributed by atoms with Crippen LogP contribution in [0.3, 0.4) is 0 Å². The van der Waals surface area contributed by atoms with Crippen LogP contribution < -0.4 is 0 Å².